The largest absolute Gasteiger partial charge is 0.395 e. The Hall–Kier alpha value is -1.13. The molecule has 0 aliphatic heterocycles. The molecule has 1 saturated carbocycles. The quantitative estimate of drug-likeness (QED) is 0.779. The summed E-state index contributed by atoms with van der Waals surface area (Å²) < 4.78 is 0. The molecule has 0 radical (unpaired) electrons. The van der Waals surface area contributed by atoms with E-state index in [1.807, 2.05) is 18.3 Å². The molecular formula is C12H19N3O. The minimum absolute atomic E-state index is 0.221. The first kappa shape index (κ1) is 11.4. The van der Waals surface area contributed by atoms with Crippen molar-refractivity contribution in [1.82, 2.24) is 9.88 Å². The fourth-order valence-corrected chi connectivity index (χ4v) is 2.03. The molecule has 4 heteroatoms. The van der Waals surface area contributed by atoms with Crippen LogP contribution in [0, 0.1) is 0 Å². The van der Waals surface area contributed by atoms with Crippen LogP contribution >= 0.6 is 0 Å². The van der Waals surface area contributed by atoms with Crippen molar-refractivity contribution in [3.05, 3.63) is 23.9 Å². The highest BCUT2D eigenvalue weighted by Crippen LogP contribution is 2.25. The van der Waals surface area contributed by atoms with Crippen molar-refractivity contribution in [2.75, 3.05) is 18.9 Å². The Labute approximate surface area is 96.1 Å². The standard InChI is InChI=1S/C12H19N3O/c13-12-5-4-10(8-14-12)9-15(6-7-16)11-2-1-3-11/h4-5,8,11,16H,1-3,6-7,9H2,(H2,13,14). The molecule has 4 nitrogen and oxygen atoms in total. The Balaban J connectivity index is 1.96. The van der Waals surface area contributed by atoms with Crippen LogP contribution in [0.25, 0.3) is 0 Å². The fraction of sp³-hybridized carbons (Fsp3) is 0.583. The van der Waals surface area contributed by atoms with E-state index in [9.17, 15) is 0 Å². The van der Waals surface area contributed by atoms with Crippen LogP contribution < -0.4 is 5.73 Å². The van der Waals surface area contributed by atoms with Crippen LogP contribution in [0.3, 0.4) is 0 Å². The van der Waals surface area contributed by atoms with Crippen LogP contribution in [-0.2, 0) is 6.54 Å². The second-order valence-electron chi connectivity index (χ2n) is 4.37. The molecule has 0 unspecified atom stereocenters. The molecule has 1 aliphatic carbocycles. The fourth-order valence-electron chi connectivity index (χ4n) is 2.03. The molecule has 88 valence electrons. The summed E-state index contributed by atoms with van der Waals surface area (Å²) in [5.41, 5.74) is 6.71. The molecule has 3 N–H and O–H groups in total. The first-order chi connectivity index (χ1) is 7.79. The Morgan fingerprint density at radius 3 is 2.75 bits per heavy atom. The van der Waals surface area contributed by atoms with Crippen LogP contribution in [0.4, 0.5) is 5.82 Å². The smallest absolute Gasteiger partial charge is 0.123 e. The number of nitrogens with two attached hydrogens (primary N) is 1. The number of aliphatic hydroxyl groups excluding tert-OH is 1. The number of aromatic nitrogens is 1. The van der Waals surface area contributed by atoms with Crippen molar-refractivity contribution in [2.45, 2.75) is 31.8 Å². The summed E-state index contributed by atoms with van der Waals surface area (Å²) in [6.07, 6.45) is 5.63. The van der Waals surface area contributed by atoms with Gasteiger partial charge in [0.25, 0.3) is 0 Å². The number of anilines is 1. The van der Waals surface area contributed by atoms with E-state index in [-0.39, 0.29) is 6.61 Å². The predicted octanol–water partition coefficient (Wildman–Crippen LogP) is 1.01. The molecule has 1 aromatic heterocycles. The van der Waals surface area contributed by atoms with E-state index >= 15 is 0 Å². The average molecular weight is 221 g/mol. The van der Waals surface area contributed by atoms with E-state index in [0.29, 0.717) is 11.9 Å². The molecule has 0 saturated heterocycles. The van der Waals surface area contributed by atoms with Gasteiger partial charge >= 0.3 is 0 Å². The Morgan fingerprint density at radius 1 is 1.44 bits per heavy atom. The minimum atomic E-state index is 0.221. The maximum Gasteiger partial charge on any atom is 0.123 e. The van der Waals surface area contributed by atoms with Crippen LogP contribution in [0.1, 0.15) is 24.8 Å². The van der Waals surface area contributed by atoms with E-state index in [1.165, 1.54) is 19.3 Å². The highest BCUT2D eigenvalue weighted by atomic mass is 16.3. The molecule has 1 fully saturated rings. The lowest BCUT2D eigenvalue weighted by atomic mass is 9.91. The normalized spacial score (nSPS) is 16.4. The van der Waals surface area contributed by atoms with Gasteiger partial charge in [-0.25, -0.2) is 4.98 Å². The molecule has 0 aromatic carbocycles. The van der Waals surface area contributed by atoms with Crippen molar-refractivity contribution >= 4 is 5.82 Å². The molecule has 1 aromatic rings. The van der Waals surface area contributed by atoms with E-state index in [0.717, 1.165) is 18.7 Å². The Bertz CT molecular complexity index is 322. The SMILES string of the molecule is Nc1ccc(CN(CCO)C2CCC2)cn1. The van der Waals surface area contributed by atoms with Crippen LogP contribution in [0.5, 0.6) is 0 Å². The van der Waals surface area contributed by atoms with E-state index in [4.69, 9.17) is 10.8 Å². The van der Waals surface area contributed by atoms with Gasteiger partial charge in [-0.1, -0.05) is 12.5 Å². The lowest BCUT2D eigenvalue weighted by Gasteiger charge is -2.37. The van der Waals surface area contributed by atoms with E-state index in [1.54, 1.807) is 0 Å². The third kappa shape index (κ3) is 2.71. The van der Waals surface area contributed by atoms with Crippen LogP contribution in [0.2, 0.25) is 0 Å². The van der Waals surface area contributed by atoms with E-state index < -0.39 is 0 Å². The molecule has 0 spiro atoms. The molecule has 16 heavy (non-hydrogen) atoms. The lowest BCUT2D eigenvalue weighted by molar-refractivity contribution is 0.0945. The topological polar surface area (TPSA) is 62.4 Å². The molecule has 0 amide bonds. The van der Waals surface area contributed by atoms with Gasteiger partial charge < -0.3 is 10.8 Å². The van der Waals surface area contributed by atoms with Gasteiger partial charge in [0.2, 0.25) is 0 Å². The molecule has 2 rings (SSSR count). The van der Waals surface area contributed by atoms with Crippen molar-refractivity contribution in [2.24, 2.45) is 0 Å². The lowest BCUT2D eigenvalue weighted by Crippen LogP contribution is -2.41. The summed E-state index contributed by atoms with van der Waals surface area (Å²) in [6.45, 7) is 1.83. The first-order valence-electron chi connectivity index (χ1n) is 5.85. The maximum absolute atomic E-state index is 9.05. The number of aliphatic hydroxyl groups is 1. The number of rotatable bonds is 5. The van der Waals surface area contributed by atoms with E-state index in [2.05, 4.69) is 9.88 Å². The van der Waals surface area contributed by atoms with Gasteiger partial charge in [-0.05, 0) is 24.5 Å². The minimum Gasteiger partial charge on any atom is -0.395 e. The van der Waals surface area contributed by atoms with Crippen molar-refractivity contribution in [3.8, 4) is 0 Å². The van der Waals surface area contributed by atoms with Gasteiger partial charge in [-0.3, -0.25) is 4.90 Å². The van der Waals surface area contributed by atoms with Crippen molar-refractivity contribution in [3.63, 3.8) is 0 Å². The summed E-state index contributed by atoms with van der Waals surface area (Å²) in [6, 6.07) is 4.48. The zero-order valence-corrected chi connectivity index (χ0v) is 9.47. The Morgan fingerprint density at radius 2 is 2.25 bits per heavy atom. The van der Waals surface area contributed by atoms with Crippen molar-refractivity contribution in [1.29, 1.82) is 0 Å². The average Bonchev–Trinajstić information content (AvgIpc) is 2.19. The number of nitrogen functional groups attached to an aromatic ring is 1. The summed E-state index contributed by atoms with van der Waals surface area (Å²) in [5, 5.41) is 9.05. The van der Waals surface area contributed by atoms with Gasteiger partial charge in [0.1, 0.15) is 5.82 Å². The molecular weight excluding hydrogens is 202 g/mol. The number of nitrogens with zero attached hydrogens (tertiary/aromatic N) is 2. The highest BCUT2D eigenvalue weighted by molar-refractivity contribution is 5.29. The van der Waals surface area contributed by atoms with Crippen LogP contribution in [-0.4, -0.2) is 34.2 Å². The van der Waals surface area contributed by atoms with Gasteiger partial charge in [0.15, 0.2) is 0 Å². The maximum atomic E-state index is 9.05. The molecule has 0 atom stereocenters. The zero-order valence-electron chi connectivity index (χ0n) is 9.47. The number of pyridine rings is 1. The zero-order chi connectivity index (χ0) is 11.4. The van der Waals surface area contributed by atoms with Gasteiger partial charge in [0.05, 0.1) is 6.61 Å². The molecule has 1 aliphatic rings. The Kier molecular flexibility index (Phi) is 3.74. The molecule has 0 bridgehead atoms. The number of hydrogen-bond acceptors (Lipinski definition) is 4. The van der Waals surface area contributed by atoms with Crippen LogP contribution in [0.15, 0.2) is 18.3 Å². The predicted molar refractivity (Wildman–Crippen MR) is 63.8 cm³/mol. The highest BCUT2D eigenvalue weighted by Gasteiger charge is 2.24. The summed E-state index contributed by atoms with van der Waals surface area (Å²) in [4.78, 5) is 6.41. The van der Waals surface area contributed by atoms with Gasteiger partial charge in [-0.2, -0.15) is 0 Å². The van der Waals surface area contributed by atoms with Crippen molar-refractivity contribution < 1.29 is 5.11 Å². The molecule has 1 heterocycles. The number of hydrogen-bond donors (Lipinski definition) is 2. The third-order valence-corrected chi connectivity index (χ3v) is 3.21. The van der Waals surface area contributed by atoms with Gasteiger partial charge in [0, 0.05) is 25.3 Å². The first-order valence-corrected chi connectivity index (χ1v) is 5.85. The third-order valence-electron chi connectivity index (χ3n) is 3.21. The second kappa shape index (κ2) is 5.27. The summed E-state index contributed by atoms with van der Waals surface area (Å²) in [7, 11) is 0. The summed E-state index contributed by atoms with van der Waals surface area (Å²) in [5.74, 6) is 0.557. The monoisotopic (exact) mass is 221 g/mol. The summed E-state index contributed by atoms with van der Waals surface area (Å²) >= 11 is 0. The van der Waals surface area contributed by atoms with Gasteiger partial charge in [-0.15, -0.1) is 0 Å². The second-order valence-corrected chi connectivity index (χ2v) is 4.37.